The van der Waals surface area contributed by atoms with Crippen LogP contribution in [0.5, 0.6) is 0 Å². The van der Waals surface area contributed by atoms with Gasteiger partial charge in [0.15, 0.2) is 0 Å². The van der Waals surface area contributed by atoms with Crippen LogP contribution in [0.15, 0.2) is 48.5 Å². The minimum atomic E-state index is -0.302. The van der Waals surface area contributed by atoms with Crippen LogP contribution in [0, 0.1) is 5.82 Å². The average Bonchev–Trinajstić information content (AvgIpc) is 2.46. The molecule has 104 valence electrons. The summed E-state index contributed by atoms with van der Waals surface area (Å²) in [7, 11) is 0. The highest BCUT2D eigenvalue weighted by atomic mass is 19.1. The van der Waals surface area contributed by atoms with Gasteiger partial charge in [-0.1, -0.05) is 24.3 Å². The Balaban J connectivity index is 1.95. The van der Waals surface area contributed by atoms with E-state index >= 15 is 0 Å². The Morgan fingerprint density at radius 2 is 1.75 bits per heavy atom. The fourth-order valence-electron chi connectivity index (χ4n) is 2.00. The van der Waals surface area contributed by atoms with Crippen LogP contribution in [0.1, 0.15) is 28.4 Å². The SMILES string of the molecule is CCOC(=O)c1ccc(CCc2cccc(F)c2)cc1. The van der Waals surface area contributed by atoms with E-state index < -0.39 is 0 Å². The first kappa shape index (κ1) is 14.3. The van der Waals surface area contributed by atoms with Crippen LogP contribution in [0.3, 0.4) is 0 Å². The number of benzene rings is 2. The van der Waals surface area contributed by atoms with Gasteiger partial charge in [-0.15, -0.1) is 0 Å². The molecule has 2 aromatic carbocycles. The third kappa shape index (κ3) is 3.92. The summed E-state index contributed by atoms with van der Waals surface area (Å²) in [4.78, 5) is 11.5. The summed E-state index contributed by atoms with van der Waals surface area (Å²) in [6.07, 6.45) is 1.59. The molecule has 0 bridgehead atoms. The molecule has 2 aromatic rings. The van der Waals surface area contributed by atoms with Crippen molar-refractivity contribution in [2.24, 2.45) is 0 Å². The number of rotatable bonds is 5. The highest BCUT2D eigenvalue weighted by molar-refractivity contribution is 5.89. The molecule has 0 aromatic heterocycles. The van der Waals surface area contributed by atoms with E-state index in [-0.39, 0.29) is 11.8 Å². The number of hydrogen-bond donors (Lipinski definition) is 0. The molecular weight excluding hydrogens is 255 g/mol. The second-order valence-corrected chi connectivity index (χ2v) is 4.55. The molecule has 0 saturated heterocycles. The lowest BCUT2D eigenvalue weighted by Crippen LogP contribution is -2.04. The number of aryl methyl sites for hydroxylation is 2. The lowest BCUT2D eigenvalue weighted by atomic mass is 10.0. The Bertz CT molecular complexity index is 576. The number of halogens is 1. The molecule has 0 unspecified atom stereocenters. The predicted octanol–water partition coefficient (Wildman–Crippen LogP) is 3.79. The Morgan fingerprint density at radius 1 is 1.05 bits per heavy atom. The van der Waals surface area contributed by atoms with Gasteiger partial charge in [0.05, 0.1) is 12.2 Å². The van der Waals surface area contributed by atoms with E-state index in [1.807, 2.05) is 18.2 Å². The molecule has 0 aliphatic heterocycles. The summed E-state index contributed by atoms with van der Waals surface area (Å²) in [5.41, 5.74) is 2.64. The second-order valence-electron chi connectivity index (χ2n) is 4.55. The fraction of sp³-hybridized carbons (Fsp3) is 0.235. The number of hydrogen-bond acceptors (Lipinski definition) is 2. The van der Waals surface area contributed by atoms with Gasteiger partial charge in [-0.05, 0) is 55.2 Å². The Hall–Kier alpha value is -2.16. The van der Waals surface area contributed by atoms with Crippen LogP contribution in [0.4, 0.5) is 4.39 Å². The van der Waals surface area contributed by atoms with E-state index in [0.29, 0.717) is 12.2 Å². The molecule has 2 nitrogen and oxygen atoms in total. The van der Waals surface area contributed by atoms with E-state index in [1.54, 1.807) is 31.2 Å². The summed E-state index contributed by atoms with van der Waals surface area (Å²) in [6, 6.07) is 14.0. The van der Waals surface area contributed by atoms with E-state index in [1.165, 1.54) is 6.07 Å². The van der Waals surface area contributed by atoms with E-state index in [0.717, 1.165) is 24.0 Å². The smallest absolute Gasteiger partial charge is 0.338 e. The molecule has 3 heteroatoms. The van der Waals surface area contributed by atoms with E-state index in [4.69, 9.17) is 4.74 Å². The molecule has 0 spiro atoms. The summed E-state index contributed by atoms with van der Waals surface area (Å²) in [5.74, 6) is -0.510. The zero-order chi connectivity index (χ0) is 14.4. The minimum Gasteiger partial charge on any atom is -0.462 e. The zero-order valence-corrected chi connectivity index (χ0v) is 11.4. The molecule has 0 fully saturated rings. The lowest BCUT2D eigenvalue weighted by molar-refractivity contribution is 0.0526. The first-order valence-corrected chi connectivity index (χ1v) is 6.69. The van der Waals surface area contributed by atoms with Gasteiger partial charge in [0.1, 0.15) is 5.82 Å². The van der Waals surface area contributed by atoms with Crippen LogP contribution in [-0.4, -0.2) is 12.6 Å². The van der Waals surface area contributed by atoms with Gasteiger partial charge in [-0.2, -0.15) is 0 Å². The Labute approximate surface area is 118 Å². The van der Waals surface area contributed by atoms with Crippen LogP contribution in [0.2, 0.25) is 0 Å². The first-order valence-electron chi connectivity index (χ1n) is 6.69. The topological polar surface area (TPSA) is 26.3 Å². The molecule has 0 N–H and O–H groups in total. The summed E-state index contributed by atoms with van der Waals surface area (Å²) in [6.45, 7) is 2.16. The number of ether oxygens (including phenoxy) is 1. The maximum absolute atomic E-state index is 13.1. The van der Waals surface area contributed by atoms with Crippen molar-refractivity contribution in [2.45, 2.75) is 19.8 Å². The molecule has 0 aliphatic rings. The van der Waals surface area contributed by atoms with Gasteiger partial charge in [-0.25, -0.2) is 9.18 Å². The molecule has 0 saturated carbocycles. The summed E-state index contributed by atoms with van der Waals surface area (Å²) >= 11 is 0. The van der Waals surface area contributed by atoms with Crippen LogP contribution >= 0.6 is 0 Å². The van der Waals surface area contributed by atoms with Crippen molar-refractivity contribution in [1.82, 2.24) is 0 Å². The van der Waals surface area contributed by atoms with Gasteiger partial charge in [0, 0.05) is 0 Å². The van der Waals surface area contributed by atoms with Crippen molar-refractivity contribution in [3.63, 3.8) is 0 Å². The zero-order valence-electron chi connectivity index (χ0n) is 11.4. The van der Waals surface area contributed by atoms with Crippen molar-refractivity contribution in [3.05, 3.63) is 71.0 Å². The molecule has 0 heterocycles. The molecule has 2 rings (SSSR count). The molecule has 20 heavy (non-hydrogen) atoms. The van der Waals surface area contributed by atoms with E-state index in [9.17, 15) is 9.18 Å². The van der Waals surface area contributed by atoms with Gasteiger partial charge in [0.2, 0.25) is 0 Å². The molecular formula is C17H17FO2. The predicted molar refractivity (Wildman–Crippen MR) is 76.2 cm³/mol. The Morgan fingerprint density at radius 3 is 2.40 bits per heavy atom. The molecule has 0 amide bonds. The summed E-state index contributed by atoms with van der Waals surface area (Å²) < 4.78 is 18.0. The van der Waals surface area contributed by atoms with E-state index in [2.05, 4.69) is 0 Å². The molecule has 0 aliphatic carbocycles. The fourth-order valence-corrected chi connectivity index (χ4v) is 2.00. The highest BCUT2D eigenvalue weighted by Gasteiger charge is 2.05. The lowest BCUT2D eigenvalue weighted by Gasteiger charge is -2.05. The normalized spacial score (nSPS) is 10.3. The molecule has 0 atom stereocenters. The van der Waals surface area contributed by atoms with Gasteiger partial charge >= 0.3 is 5.97 Å². The second kappa shape index (κ2) is 6.85. The van der Waals surface area contributed by atoms with Crippen molar-refractivity contribution >= 4 is 5.97 Å². The first-order chi connectivity index (χ1) is 9.69. The molecule has 0 radical (unpaired) electrons. The summed E-state index contributed by atoms with van der Waals surface area (Å²) in [5, 5.41) is 0. The minimum absolute atomic E-state index is 0.208. The third-order valence-corrected chi connectivity index (χ3v) is 3.06. The van der Waals surface area contributed by atoms with Crippen molar-refractivity contribution < 1.29 is 13.9 Å². The van der Waals surface area contributed by atoms with Crippen LogP contribution < -0.4 is 0 Å². The third-order valence-electron chi connectivity index (χ3n) is 3.06. The largest absolute Gasteiger partial charge is 0.462 e. The van der Waals surface area contributed by atoms with Crippen molar-refractivity contribution in [3.8, 4) is 0 Å². The maximum atomic E-state index is 13.1. The van der Waals surface area contributed by atoms with Crippen molar-refractivity contribution in [1.29, 1.82) is 0 Å². The van der Waals surface area contributed by atoms with Crippen molar-refractivity contribution in [2.75, 3.05) is 6.61 Å². The van der Waals surface area contributed by atoms with Gasteiger partial charge < -0.3 is 4.74 Å². The number of carbonyl (C=O) groups excluding carboxylic acids is 1. The Kier molecular flexibility index (Phi) is 4.88. The number of carbonyl (C=O) groups is 1. The highest BCUT2D eigenvalue weighted by Crippen LogP contribution is 2.11. The van der Waals surface area contributed by atoms with Gasteiger partial charge in [-0.3, -0.25) is 0 Å². The quantitative estimate of drug-likeness (QED) is 0.774. The van der Waals surface area contributed by atoms with Gasteiger partial charge in [0.25, 0.3) is 0 Å². The van der Waals surface area contributed by atoms with Crippen LogP contribution in [-0.2, 0) is 17.6 Å². The average molecular weight is 272 g/mol. The number of esters is 1. The standard InChI is InChI=1S/C17H17FO2/c1-2-20-17(19)15-10-8-13(9-11-15)6-7-14-4-3-5-16(18)12-14/h3-5,8-12H,2,6-7H2,1H3. The monoisotopic (exact) mass is 272 g/mol. The van der Waals surface area contributed by atoms with Crippen LogP contribution in [0.25, 0.3) is 0 Å². The maximum Gasteiger partial charge on any atom is 0.338 e.